The first kappa shape index (κ1) is 14.5. The molecule has 0 amide bonds. The highest BCUT2D eigenvalue weighted by Gasteiger charge is 2.27. The summed E-state index contributed by atoms with van der Waals surface area (Å²) >= 11 is 0. The molecule has 0 atom stereocenters. The zero-order chi connectivity index (χ0) is 13.9. The molecule has 18 heavy (non-hydrogen) atoms. The van der Waals surface area contributed by atoms with Gasteiger partial charge in [0.15, 0.2) is 0 Å². The molecule has 0 radical (unpaired) electrons. The number of hydrogen-bond acceptors (Lipinski definition) is 4. The Labute approximate surface area is 106 Å². The second-order valence-corrected chi connectivity index (χ2v) is 5.68. The molecular weight excluding hydrogens is 258 g/mol. The van der Waals surface area contributed by atoms with Gasteiger partial charge in [-0.15, -0.1) is 0 Å². The van der Waals surface area contributed by atoms with Gasteiger partial charge < -0.3 is 9.52 Å². The lowest BCUT2D eigenvalue weighted by Crippen LogP contribution is -2.32. The quantitative estimate of drug-likeness (QED) is 0.795. The van der Waals surface area contributed by atoms with Crippen LogP contribution in [0.15, 0.2) is 33.8 Å². The van der Waals surface area contributed by atoms with Gasteiger partial charge in [0.2, 0.25) is 10.9 Å². The SMILES string of the molecule is C=C(C)CN(CC)S(=O)(=O)c1ccc(C(=O)O)o1. The van der Waals surface area contributed by atoms with E-state index in [1.165, 1.54) is 4.31 Å². The van der Waals surface area contributed by atoms with Gasteiger partial charge in [-0.3, -0.25) is 0 Å². The summed E-state index contributed by atoms with van der Waals surface area (Å²) in [5.74, 6) is -1.71. The first-order chi connectivity index (χ1) is 8.28. The summed E-state index contributed by atoms with van der Waals surface area (Å²) in [6.07, 6.45) is 0. The van der Waals surface area contributed by atoms with Crippen molar-refractivity contribution in [3.8, 4) is 0 Å². The summed E-state index contributed by atoms with van der Waals surface area (Å²) in [4.78, 5) is 10.6. The Hall–Kier alpha value is -1.60. The summed E-state index contributed by atoms with van der Waals surface area (Å²) in [5, 5.41) is 8.32. The molecule has 0 fully saturated rings. The van der Waals surface area contributed by atoms with Gasteiger partial charge >= 0.3 is 5.97 Å². The van der Waals surface area contributed by atoms with Crippen molar-refractivity contribution < 1.29 is 22.7 Å². The fourth-order valence-corrected chi connectivity index (χ4v) is 2.79. The zero-order valence-corrected chi connectivity index (χ0v) is 11.0. The molecule has 1 N–H and O–H groups in total. The van der Waals surface area contributed by atoms with Crippen molar-refractivity contribution in [2.24, 2.45) is 0 Å². The first-order valence-corrected chi connectivity index (χ1v) is 6.70. The summed E-state index contributed by atoms with van der Waals surface area (Å²) in [5.41, 5.74) is 0.686. The van der Waals surface area contributed by atoms with Crippen LogP contribution in [-0.2, 0) is 10.0 Å². The van der Waals surface area contributed by atoms with Crippen LogP contribution >= 0.6 is 0 Å². The van der Waals surface area contributed by atoms with E-state index < -0.39 is 21.8 Å². The van der Waals surface area contributed by atoms with Gasteiger partial charge in [0.1, 0.15) is 0 Å². The number of rotatable bonds is 6. The Bertz CT molecular complexity index is 558. The summed E-state index contributed by atoms with van der Waals surface area (Å²) in [7, 11) is -3.82. The van der Waals surface area contributed by atoms with Crippen molar-refractivity contribution in [1.29, 1.82) is 0 Å². The van der Waals surface area contributed by atoms with Crippen LogP contribution in [-0.4, -0.2) is 36.9 Å². The smallest absolute Gasteiger partial charge is 0.371 e. The number of sulfonamides is 1. The maximum absolute atomic E-state index is 12.1. The number of furan rings is 1. The molecule has 1 aromatic rings. The monoisotopic (exact) mass is 273 g/mol. The Morgan fingerprint density at radius 2 is 2.11 bits per heavy atom. The Morgan fingerprint density at radius 1 is 1.50 bits per heavy atom. The van der Waals surface area contributed by atoms with Gasteiger partial charge in [-0.05, 0) is 19.1 Å². The van der Waals surface area contributed by atoms with Crippen molar-refractivity contribution in [3.63, 3.8) is 0 Å². The van der Waals surface area contributed by atoms with E-state index in [4.69, 9.17) is 9.52 Å². The standard InChI is InChI=1S/C11H15NO5S/c1-4-12(7-8(2)3)18(15,16)10-6-5-9(17-10)11(13)14/h5-6H,2,4,7H2,1,3H3,(H,13,14). The third-order valence-corrected chi connectivity index (χ3v) is 3.98. The molecule has 0 spiro atoms. The van der Waals surface area contributed by atoms with E-state index in [1.807, 2.05) is 0 Å². The third-order valence-electron chi connectivity index (χ3n) is 2.19. The van der Waals surface area contributed by atoms with Crippen LogP contribution in [0.4, 0.5) is 0 Å². The van der Waals surface area contributed by atoms with E-state index in [0.29, 0.717) is 5.57 Å². The molecule has 0 aliphatic carbocycles. The van der Waals surface area contributed by atoms with E-state index in [1.54, 1.807) is 13.8 Å². The van der Waals surface area contributed by atoms with E-state index in [-0.39, 0.29) is 18.2 Å². The highest BCUT2D eigenvalue weighted by atomic mass is 32.2. The van der Waals surface area contributed by atoms with Crippen LogP contribution in [0.2, 0.25) is 0 Å². The molecule has 0 aromatic carbocycles. The Kier molecular flexibility index (Phi) is 4.31. The average molecular weight is 273 g/mol. The Morgan fingerprint density at radius 3 is 2.50 bits per heavy atom. The van der Waals surface area contributed by atoms with Crippen LogP contribution in [0.3, 0.4) is 0 Å². The number of hydrogen-bond donors (Lipinski definition) is 1. The largest absolute Gasteiger partial charge is 0.475 e. The molecule has 0 bridgehead atoms. The minimum absolute atomic E-state index is 0.169. The van der Waals surface area contributed by atoms with Crippen LogP contribution in [0, 0.1) is 0 Å². The number of aromatic carboxylic acids is 1. The molecule has 0 saturated heterocycles. The van der Waals surface area contributed by atoms with Gasteiger partial charge in [-0.2, -0.15) is 4.31 Å². The Balaban J connectivity index is 3.10. The summed E-state index contributed by atoms with van der Waals surface area (Å²) in [6.45, 7) is 7.46. The lowest BCUT2D eigenvalue weighted by atomic mass is 10.3. The molecule has 0 unspecified atom stereocenters. The molecule has 1 rings (SSSR count). The molecule has 7 heteroatoms. The molecule has 0 saturated carbocycles. The second-order valence-electron chi connectivity index (χ2n) is 3.81. The van der Waals surface area contributed by atoms with Crippen LogP contribution < -0.4 is 0 Å². The van der Waals surface area contributed by atoms with Crippen LogP contribution in [0.5, 0.6) is 0 Å². The molecule has 100 valence electrons. The predicted octanol–water partition coefficient (Wildman–Crippen LogP) is 1.56. The molecule has 6 nitrogen and oxygen atoms in total. The molecule has 1 aromatic heterocycles. The van der Waals surface area contributed by atoms with E-state index in [0.717, 1.165) is 12.1 Å². The van der Waals surface area contributed by atoms with Crippen molar-refractivity contribution in [2.75, 3.05) is 13.1 Å². The van der Waals surface area contributed by atoms with Crippen molar-refractivity contribution >= 4 is 16.0 Å². The van der Waals surface area contributed by atoms with E-state index >= 15 is 0 Å². The molecular formula is C11H15NO5S. The number of likely N-dealkylation sites (N-methyl/N-ethyl adjacent to an activating group) is 1. The van der Waals surface area contributed by atoms with Gasteiger partial charge in [0, 0.05) is 13.1 Å². The number of carbonyl (C=O) groups is 1. The van der Waals surface area contributed by atoms with Gasteiger partial charge in [-0.25, -0.2) is 13.2 Å². The minimum atomic E-state index is -3.82. The van der Waals surface area contributed by atoms with E-state index in [2.05, 4.69) is 6.58 Å². The van der Waals surface area contributed by atoms with Gasteiger partial charge in [0.25, 0.3) is 10.0 Å². The third kappa shape index (κ3) is 2.99. The number of carboxylic acids is 1. The van der Waals surface area contributed by atoms with Crippen molar-refractivity contribution in [1.82, 2.24) is 4.31 Å². The lowest BCUT2D eigenvalue weighted by molar-refractivity contribution is 0.0656. The zero-order valence-electron chi connectivity index (χ0n) is 10.2. The normalized spacial score (nSPS) is 11.7. The number of carboxylic acid groups (broad SMARTS) is 1. The van der Waals surface area contributed by atoms with Gasteiger partial charge in [-0.1, -0.05) is 19.1 Å². The van der Waals surface area contributed by atoms with E-state index in [9.17, 15) is 13.2 Å². The summed E-state index contributed by atoms with van der Waals surface area (Å²) in [6, 6.07) is 2.25. The minimum Gasteiger partial charge on any atom is -0.475 e. The van der Waals surface area contributed by atoms with Crippen molar-refractivity contribution in [3.05, 3.63) is 30.0 Å². The topological polar surface area (TPSA) is 87.8 Å². The lowest BCUT2D eigenvalue weighted by Gasteiger charge is -2.18. The molecule has 0 aliphatic heterocycles. The highest BCUT2D eigenvalue weighted by molar-refractivity contribution is 7.89. The molecule has 0 aliphatic rings. The van der Waals surface area contributed by atoms with Crippen molar-refractivity contribution in [2.45, 2.75) is 18.9 Å². The second kappa shape index (κ2) is 5.36. The maximum atomic E-state index is 12.1. The molecule has 1 heterocycles. The van der Waals surface area contributed by atoms with Crippen LogP contribution in [0.1, 0.15) is 24.4 Å². The number of nitrogens with zero attached hydrogens (tertiary/aromatic N) is 1. The predicted molar refractivity (Wildman–Crippen MR) is 64.9 cm³/mol. The van der Waals surface area contributed by atoms with Gasteiger partial charge in [0.05, 0.1) is 0 Å². The fraction of sp³-hybridized carbons (Fsp3) is 0.364. The van der Waals surface area contributed by atoms with Crippen LogP contribution in [0.25, 0.3) is 0 Å². The average Bonchev–Trinajstić information content (AvgIpc) is 2.75. The maximum Gasteiger partial charge on any atom is 0.371 e. The summed E-state index contributed by atoms with van der Waals surface area (Å²) < 4.78 is 30.2. The fourth-order valence-electron chi connectivity index (χ4n) is 1.37. The first-order valence-electron chi connectivity index (χ1n) is 5.26. The highest BCUT2D eigenvalue weighted by Crippen LogP contribution is 2.19.